The zero-order valence-electron chi connectivity index (χ0n) is 20.8. The van der Waals surface area contributed by atoms with Gasteiger partial charge in [0.25, 0.3) is 11.8 Å². The second kappa shape index (κ2) is 12.2. The summed E-state index contributed by atoms with van der Waals surface area (Å²) < 4.78 is 20.0. The van der Waals surface area contributed by atoms with E-state index in [9.17, 15) is 14.0 Å². The molecule has 198 valence electrons. The molecule has 7 nitrogen and oxygen atoms in total. The molecular weight excluding hydrogens is 527 g/mol. The van der Waals surface area contributed by atoms with Crippen molar-refractivity contribution in [1.29, 1.82) is 0 Å². The van der Waals surface area contributed by atoms with Crippen LogP contribution in [0.1, 0.15) is 33.3 Å². The summed E-state index contributed by atoms with van der Waals surface area (Å²) in [5.74, 6) is -1.46. The number of hydrazone groups is 1. The SMILES string of the molecule is O=C(c1ccccc1F)N(CCN1CCOCC1)CC(=O)N1N=C(c2cccs2)C[C@@H]1c1ccc(Cl)cc1. The van der Waals surface area contributed by atoms with Gasteiger partial charge in [-0.15, -0.1) is 11.3 Å². The first-order chi connectivity index (χ1) is 18.5. The number of ether oxygens (including phenoxy) is 1. The van der Waals surface area contributed by atoms with E-state index >= 15 is 0 Å². The summed E-state index contributed by atoms with van der Waals surface area (Å²) in [6.07, 6.45) is 0.545. The van der Waals surface area contributed by atoms with Gasteiger partial charge in [-0.2, -0.15) is 5.10 Å². The first-order valence-corrected chi connectivity index (χ1v) is 13.8. The molecule has 0 bridgehead atoms. The van der Waals surface area contributed by atoms with Crippen molar-refractivity contribution in [2.75, 3.05) is 45.9 Å². The predicted octanol–water partition coefficient (Wildman–Crippen LogP) is 4.69. The van der Waals surface area contributed by atoms with E-state index in [1.54, 1.807) is 29.5 Å². The molecule has 1 fully saturated rings. The molecule has 0 saturated carbocycles. The van der Waals surface area contributed by atoms with Crippen LogP contribution in [-0.4, -0.2) is 78.3 Å². The molecule has 0 unspecified atom stereocenters. The molecule has 0 aliphatic carbocycles. The standard InChI is InChI=1S/C28H28ClFN4O3S/c29-21-9-7-20(8-10-21)25-18-24(26-6-3-17-38-26)31-34(25)27(35)19-33(12-11-32-13-15-37-16-14-32)28(36)22-4-1-2-5-23(22)30/h1-10,17,25H,11-16,18-19H2/t25-/m1/s1. The molecular formula is C28H28ClFN4O3S. The van der Waals surface area contributed by atoms with E-state index in [0.717, 1.165) is 29.2 Å². The lowest BCUT2D eigenvalue weighted by molar-refractivity contribution is -0.133. The van der Waals surface area contributed by atoms with Crippen LogP contribution in [-0.2, 0) is 9.53 Å². The molecule has 2 aromatic carbocycles. The van der Waals surface area contributed by atoms with E-state index in [4.69, 9.17) is 21.4 Å². The number of amides is 2. The number of nitrogens with zero attached hydrogens (tertiary/aromatic N) is 4. The Morgan fingerprint density at radius 1 is 1.08 bits per heavy atom. The normalized spacial score (nSPS) is 17.9. The summed E-state index contributed by atoms with van der Waals surface area (Å²) >= 11 is 7.67. The molecule has 38 heavy (non-hydrogen) atoms. The van der Waals surface area contributed by atoms with Crippen LogP contribution in [0.2, 0.25) is 5.02 Å². The minimum absolute atomic E-state index is 0.0549. The minimum atomic E-state index is -0.612. The Morgan fingerprint density at radius 3 is 2.55 bits per heavy atom. The Kier molecular flexibility index (Phi) is 8.48. The van der Waals surface area contributed by atoms with Crippen LogP contribution in [0.25, 0.3) is 0 Å². The van der Waals surface area contributed by atoms with Gasteiger partial charge >= 0.3 is 0 Å². The third-order valence-electron chi connectivity index (χ3n) is 6.73. The lowest BCUT2D eigenvalue weighted by Gasteiger charge is -2.31. The number of hydrogen-bond acceptors (Lipinski definition) is 6. The van der Waals surface area contributed by atoms with E-state index in [-0.39, 0.29) is 30.6 Å². The van der Waals surface area contributed by atoms with E-state index in [2.05, 4.69) is 4.90 Å². The third-order valence-corrected chi connectivity index (χ3v) is 7.90. The Labute approximate surface area is 230 Å². The number of carbonyl (C=O) groups excluding carboxylic acids is 2. The molecule has 1 aromatic heterocycles. The van der Waals surface area contributed by atoms with Crippen LogP contribution in [0.5, 0.6) is 0 Å². The summed E-state index contributed by atoms with van der Waals surface area (Å²) in [6, 6.07) is 16.8. The number of halogens is 2. The fraction of sp³-hybridized carbons (Fsp3) is 0.321. The molecule has 10 heteroatoms. The van der Waals surface area contributed by atoms with Crippen LogP contribution in [0.3, 0.4) is 0 Å². The topological polar surface area (TPSA) is 65.5 Å². The summed E-state index contributed by atoms with van der Waals surface area (Å²) in [6.45, 7) is 3.35. The number of benzene rings is 2. The molecule has 3 aromatic rings. The van der Waals surface area contributed by atoms with E-state index in [1.807, 2.05) is 29.6 Å². The average Bonchev–Trinajstić information content (AvgIpc) is 3.63. The molecule has 2 aliphatic rings. The number of hydrogen-bond donors (Lipinski definition) is 0. The highest BCUT2D eigenvalue weighted by molar-refractivity contribution is 7.12. The van der Waals surface area contributed by atoms with Crippen LogP contribution >= 0.6 is 22.9 Å². The Bertz CT molecular complexity index is 1300. The predicted molar refractivity (Wildman–Crippen MR) is 146 cm³/mol. The van der Waals surface area contributed by atoms with Crippen molar-refractivity contribution in [1.82, 2.24) is 14.8 Å². The molecule has 2 aliphatic heterocycles. The van der Waals surface area contributed by atoms with Crippen molar-refractivity contribution in [2.45, 2.75) is 12.5 Å². The molecule has 2 amide bonds. The Hall–Kier alpha value is -3.11. The van der Waals surface area contributed by atoms with Crippen LogP contribution in [0.4, 0.5) is 4.39 Å². The number of thiophene rings is 1. The van der Waals surface area contributed by atoms with Gasteiger partial charge in [0.1, 0.15) is 12.4 Å². The van der Waals surface area contributed by atoms with Gasteiger partial charge in [-0.3, -0.25) is 14.5 Å². The van der Waals surface area contributed by atoms with Crippen molar-refractivity contribution in [3.05, 3.63) is 92.9 Å². The van der Waals surface area contributed by atoms with Crippen molar-refractivity contribution in [3.8, 4) is 0 Å². The Balaban J connectivity index is 1.40. The van der Waals surface area contributed by atoms with Crippen LogP contribution in [0.15, 0.2) is 71.1 Å². The monoisotopic (exact) mass is 554 g/mol. The van der Waals surface area contributed by atoms with E-state index < -0.39 is 11.7 Å². The van der Waals surface area contributed by atoms with Gasteiger partial charge in [-0.05, 0) is 41.3 Å². The largest absolute Gasteiger partial charge is 0.379 e. The third kappa shape index (κ3) is 6.13. The first kappa shape index (κ1) is 26.5. The van der Waals surface area contributed by atoms with Crippen molar-refractivity contribution in [3.63, 3.8) is 0 Å². The van der Waals surface area contributed by atoms with Crippen LogP contribution < -0.4 is 0 Å². The summed E-state index contributed by atoms with van der Waals surface area (Å²) in [4.78, 5) is 31.8. The van der Waals surface area contributed by atoms with Gasteiger partial charge in [0.05, 0.1) is 35.4 Å². The number of carbonyl (C=O) groups is 2. The van der Waals surface area contributed by atoms with Crippen molar-refractivity contribution < 1.29 is 18.7 Å². The average molecular weight is 555 g/mol. The fourth-order valence-electron chi connectivity index (χ4n) is 4.66. The van der Waals surface area contributed by atoms with Gasteiger partial charge in [0.15, 0.2) is 0 Å². The lowest BCUT2D eigenvalue weighted by Crippen LogP contribution is -2.46. The summed E-state index contributed by atoms with van der Waals surface area (Å²) in [5, 5.41) is 8.75. The number of rotatable bonds is 8. The molecule has 3 heterocycles. The van der Waals surface area contributed by atoms with Gasteiger partial charge in [0.2, 0.25) is 0 Å². The maximum atomic E-state index is 14.6. The maximum absolute atomic E-state index is 14.6. The van der Waals surface area contributed by atoms with Gasteiger partial charge in [0, 0.05) is 37.6 Å². The van der Waals surface area contributed by atoms with Gasteiger partial charge in [-0.1, -0.05) is 41.9 Å². The molecule has 5 rings (SSSR count). The highest BCUT2D eigenvalue weighted by Gasteiger charge is 2.35. The zero-order valence-corrected chi connectivity index (χ0v) is 22.3. The van der Waals surface area contributed by atoms with E-state index in [1.165, 1.54) is 28.1 Å². The zero-order chi connectivity index (χ0) is 26.5. The second-order valence-corrected chi connectivity index (χ2v) is 10.6. The maximum Gasteiger partial charge on any atom is 0.262 e. The molecule has 0 radical (unpaired) electrons. The second-order valence-electron chi connectivity index (χ2n) is 9.19. The highest BCUT2D eigenvalue weighted by atomic mass is 35.5. The lowest BCUT2D eigenvalue weighted by atomic mass is 10.0. The summed E-state index contributed by atoms with van der Waals surface area (Å²) in [7, 11) is 0. The molecule has 1 saturated heterocycles. The summed E-state index contributed by atoms with van der Waals surface area (Å²) in [5.41, 5.74) is 1.66. The highest BCUT2D eigenvalue weighted by Crippen LogP contribution is 2.34. The minimum Gasteiger partial charge on any atom is -0.379 e. The molecule has 0 N–H and O–H groups in total. The van der Waals surface area contributed by atoms with Crippen LogP contribution in [0, 0.1) is 5.82 Å². The van der Waals surface area contributed by atoms with Gasteiger partial charge < -0.3 is 9.64 Å². The fourth-order valence-corrected chi connectivity index (χ4v) is 5.50. The quantitative estimate of drug-likeness (QED) is 0.405. The van der Waals surface area contributed by atoms with Crippen molar-refractivity contribution in [2.24, 2.45) is 5.10 Å². The molecule has 0 spiro atoms. The van der Waals surface area contributed by atoms with E-state index in [0.29, 0.717) is 31.2 Å². The number of morpholine rings is 1. The smallest absolute Gasteiger partial charge is 0.262 e. The Morgan fingerprint density at radius 2 is 1.84 bits per heavy atom. The first-order valence-electron chi connectivity index (χ1n) is 12.5. The van der Waals surface area contributed by atoms with Crippen molar-refractivity contribution >= 4 is 40.5 Å². The molecule has 1 atom stereocenters. The van der Waals surface area contributed by atoms with Gasteiger partial charge in [-0.25, -0.2) is 9.40 Å².